The number of hydrogen-bond donors (Lipinski definition) is 1. The van der Waals surface area contributed by atoms with Gasteiger partial charge in [-0.3, -0.25) is 0 Å². The topological polar surface area (TPSA) is 39.2 Å². The van der Waals surface area contributed by atoms with Crippen LogP contribution in [0.5, 0.6) is 0 Å². The molecule has 0 spiro atoms. The molecule has 0 fully saturated rings. The van der Waals surface area contributed by atoms with Crippen molar-refractivity contribution in [2.45, 2.75) is 19.4 Å². The molecule has 0 aliphatic heterocycles. The van der Waals surface area contributed by atoms with Crippen LogP contribution in [0, 0.1) is 12.7 Å². The van der Waals surface area contributed by atoms with Crippen molar-refractivity contribution in [3.8, 4) is 0 Å². The number of aryl methyl sites for hydroxylation is 1. The van der Waals surface area contributed by atoms with E-state index in [0.29, 0.717) is 6.42 Å². The van der Waals surface area contributed by atoms with Crippen molar-refractivity contribution in [3.63, 3.8) is 0 Å². The van der Waals surface area contributed by atoms with E-state index < -0.39 is 5.82 Å². The number of hydrogen-bond acceptors (Lipinski definition) is 2. The normalized spacial score (nSPS) is 12.8. The van der Waals surface area contributed by atoms with Gasteiger partial charge in [0.1, 0.15) is 17.2 Å². The first-order chi connectivity index (χ1) is 10.0. The number of benzene rings is 2. The second-order valence-electron chi connectivity index (χ2n) is 5.25. The van der Waals surface area contributed by atoms with E-state index in [1.54, 1.807) is 12.1 Å². The van der Waals surface area contributed by atoms with Gasteiger partial charge in [0.15, 0.2) is 0 Å². The number of nitrogens with two attached hydrogens (primary N) is 1. The lowest BCUT2D eigenvalue weighted by atomic mass is 10.0. The molecule has 0 saturated heterocycles. The minimum atomic E-state index is -0.423. The molecule has 0 bridgehead atoms. The Hall–Kier alpha value is -1.84. The van der Waals surface area contributed by atoms with Crippen LogP contribution in [0.15, 0.2) is 46.9 Å². The van der Waals surface area contributed by atoms with Crippen molar-refractivity contribution in [3.05, 3.63) is 70.2 Å². The molecule has 1 atom stereocenters. The zero-order valence-electron chi connectivity index (χ0n) is 11.6. The third-order valence-corrected chi connectivity index (χ3v) is 3.79. The molecule has 4 heteroatoms. The molecule has 1 aromatic heterocycles. The molecule has 21 heavy (non-hydrogen) atoms. The van der Waals surface area contributed by atoms with Gasteiger partial charge < -0.3 is 10.2 Å². The Labute approximate surface area is 127 Å². The largest absolute Gasteiger partial charge is 0.459 e. The molecule has 0 amide bonds. The number of rotatable bonds is 3. The highest BCUT2D eigenvalue weighted by Gasteiger charge is 2.14. The van der Waals surface area contributed by atoms with Gasteiger partial charge in [0, 0.05) is 5.39 Å². The molecule has 2 nitrogen and oxygen atoms in total. The highest BCUT2D eigenvalue weighted by molar-refractivity contribution is 6.30. The lowest BCUT2D eigenvalue weighted by Crippen LogP contribution is -2.12. The maximum absolute atomic E-state index is 13.2. The molecular formula is C17H15ClFNO. The summed E-state index contributed by atoms with van der Waals surface area (Å²) < 4.78 is 18.9. The van der Waals surface area contributed by atoms with Gasteiger partial charge in [-0.2, -0.15) is 0 Å². The van der Waals surface area contributed by atoms with Gasteiger partial charge in [-0.15, -0.1) is 0 Å². The first kappa shape index (κ1) is 14.1. The standard InChI is InChI=1S/C17H15ClFNO/c1-10-2-5-16-12(6-10)9-17(21-16)15(20)8-11-3-4-14(19)13(18)7-11/h2-7,9,15H,8,20H2,1H3. The molecule has 3 rings (SSSR count). The van der Waals surface area contributed by atoms with E-state index in [4.69, 9.17) is 21.8 Å². The van der Waals surface area contributed by atoms with E-state index in [1.807, 2.05) is 25.1 Å². The monoisotopic (exact) mass is 303 g/mol. The fourth-order valence-corrected chi connectivity index (χ4v) is 2.59. The highest BCUT2D eigenvalue weighted by atomic mass is 35.5. The maximum atomic E-state index is 13.2. The minimum Gasteiger partial charge on any atom is -0.459 e. The lowest BCUT2D eigenvalue weighted by Gasteiger charge is -2.09. The fraction of sp³-hybridized carbons (Fsp3) is 0.176. The summed E-state index contributed by atoms with van der Waals surface area (Å²) >= 11 is 5.79. The summed E-state index contributed by atoms with van der Waals surface area (Å²) in [4.78, 5) is 0. The highest BCUT2D eigenvalue weighted by Crippen LogP contribution is 2.26. The van der Waals surface area contributed by atoms with Gasteiger partial charge in [0.05, 0.1) is 11.1 Å². The van der Waals surface area contributed by atoms with Gasteiger partial charge >= 0.3 is 0 Å². The first-order valence-corrected chi connectivity index (χ1v) is 7.10. The Kier molecular flexibility index (Phi) is 3.70. The summed E-state index contributed by atoms with van der Waals surface area (Å²) in [7, 11) is 0. The van der Waals surface area contributed by atoms with E-state index in [9.17, 15) is 4.39 Å². The van der Waals surface area contributed by atoms with E-state index >= 15 is 0 Å². The molecule has 108 valence electrons. The molecule has 3 aromatic rings. The van der Waals surface area contributed by atoms with Gasteiger partial charge in [0.2, 0.25) is 0 Å². The molecule has 0 radical (unpaired) electrons. The Balaban J connectivity index is 1.85. The summed E-state index contributed by atoms with van der Waals surface area (Å²) in [6.45, 7) is 2.03. The molecule has 1 unspecified atom stereocenters. The van der Waals surface area contributed by atoms with Crippen molar-refractivity contribution in [1.82, 2.24) is 0 Å². The number of furan rings is 1. The van der Waals surface area contributed by atoms with Crippen molar-refractivity contribution in [2.24, 2.45) is 5.73 Å². The van der Waals surface area contributed by atoms with Gasteiger partial charge in [-0.05, 0) is 49.2 Å². The van der Waals surface area contributed by atoms with Crippen LogP contribution in [0.3, 0.4) is 0 Å². The first-order valence-electron chi connectivity index (χ1n) is 6.72. The molecule has 0 aliphatic carbocycles. The lowest BCUT2D eigenvalue weighted by molar-refractivity contribution is 0.494. The summed E-state index contributed by atoms with van der Waals surface area (Å²) in [5.41, 5.74) is 9.06. The van der Waals surface area contributed by atoms with E-state index in [1.165, 1.54) is 11.6 Å². The zero-order valence-corrected chi connectivity index (χ0v) is 12.3. The Morgan fingerprint density at radius 3 is 2.76 bits per heavy atom. The van der Waals surface area contributed by atoms with Crippen molar-refractivity contribution in [1.29, 1.82) is 0 Å². The second-order valence-corrected chi connectivity index (χ2v) is 5.66. The van der Waals surface area contributed by atoms with Crippen molar-refractivity contribution < 1.29 is 8.81 Å². The average molecular weight is 304 g/mol. The summed E-state index contributed by atoms with van der Waals surface area (Å²) in [6, 6.07) is 12.3. The molecule has 2 N–H and O–H groups in total. The zero-order chi connectivity index (χ0) is 15.0. The van der Waals surface area contributed by atoms with Crippen LogP contribution in [-0.2, 0) is 6.42 Å². The molecule has 1 heterocycles. The quantitative estimate of drug-likeness (QED) is 0.756. The van der Waals surface area contributed by atoms with E-state index in [0.717, 1.165) is 22.3 Å². The summed E-state index contributed by atoms with van der Waals surface area (Å²) in [6.07, 6.45) is 0.540. The number of halogens is 2. The van der Waals surface area contributed by atoms with E-state index in [-0.39, 0.29) is 11.1 Å². The molecular weight excluding hydrogens is 289 g/mol. The fourth-order valence-electron chi connectivity index (χ4n) is 2.39. The smallest absolute Gasteiger partial charge is 0.141 e. The Morgan fingerprint density at radius 2 is 2.00 bits per heavy atom. The van der Waals surface area contributed by atoms with Gasteiger partial charge in [0.25, 0.3) is 0 Å². The summed E-state index contributed by atoms with van der Waals surface area (Å²) in [5.74, 6) is 0.296. The number of fused-ring (bicyclic) bond motifs is 1. The van der Waals surface area contributed by atoms with Crippen LogP contribution in [0.25, 0.3) is 11.0 Å². The van der Waals surface area contributed by atoms with Crippen LogP contribution in [0.1, 0.15) is 22.9 Å². The van der Waals surface area contributed by atoms with Crippen LogP contribution >= 0.6 is 11.6 Å². The Bertz CT molecular complexity index is 797. The minimum absolute atomic E-state index is 0.111. The van der Waals surface area contributed by atoms with Gasteiger partial charge in [-0.1, -0.05) is 29.3 Å². The average Bonchev–Trinajstić information content (AvgIpc) is 2.86. The molecule has 0 aliphatic rings. The summed E-state index contributed by atoms with van der Waals surface area (Å²) in [5, 5.41) is 1.15. The van der Waals surface area contributed by atoms with Crippen LogP contribution in [0.4, 0.5) is 4.39 Å². The van der Waals surface area contributed by atoms with Crippen LogP contribution < -0.4 is 5.73 Å². The second kappa shape index (κ2) is 5.51. The predicted molar refractivity (Wildman–Crippen MR) is 83.0 cm³/mol. The molecule has 0 saturated carbocycles. The van der Waals surface area contributed by atoms with E-state index in [2.05, 4.69) is 6.07 Å². The maximum Gasteiger partial charge on any atom is 0.141 e. The van der Waals surface area contributed by atoms with Crippen molar-refractivity contribution >= 4 is 22.6 Å². The third-order valence-electron chi connectivity index (χ3n) is 3.50. The van der Waals surface area contributed by atoms with Crippen LogP contribution in [0.2, 0.25) is 5.02 Å². The Morgan fingerprint density at radius 1 is 1.19 bits per heavy atom. The SMILES string of the molecule is Cc1ccc2oc(C(N)Cc3ccc(F)c(Cl)c3)cc2c1. The van der Waals surface area contributed by atoms with Crippen LogP contribution in [-0.4, -0.2) is 0 Å². The van der Waals surface area contributed by atoms with Gasteiger partial charge in [-0.25, -0.2) is 4.39 Å². The third kappa shape index (κ3) is 2.94. The van der Waals surface area contributed by atoms with Crippen molar-refractivity contribution in [2.75, 3.05) is 0 Å². The molecule has 2 aromatic carbocycles. The predicted octanol–water partition coefficient (Wildman–Crippen LogP) is 4.78.